The third-order valence-electron chi connectivity index (χ3n) is 7.28. The minimum atomic E-state index is -3.36. The molecule has 1 fully saturated rings. The Morgan fingerprint density at radius 2 is 1.57 bits per heavy atom. The molecule has 188 valence electrons. The summed E-state index contributed by atoms with van der Waals surface area (Å²) >= 11 is 0. The van der Waals surface area contributed by atoms with E-state index in [-0.39, 0.29) is 11.1 Å². The number of unbranched alkanes of at least 4 members (excludes halogenated alkanes) is 3. The second-order valence-electron chi connectivity index (χ2n) is 9.62. The number of fused-ring (bicyclic) bond motifs is 1. The standard InChI is InChI=1S/C29H31F5O/c1-2-3-4-5-6-18-7-9-19(10-8-18)20-11-13-23-21(15-20)12-14-24(27(23)32)22-16-25(30)28(26(31)17-22)35-29(33)34/h11-19,29H,2-10H2,1H3. The van der Waals surface area contributed by atoms with E-state index in [9.17, 15) is 17.6 Å². The molecule has 0 aromatic heterocycles. The fourth-order valence-electron chi connectivity index (χ4n) is 5.35. The van der Waals surface area contributed by atoms with E-state index >= 15 is 4.39 Å². The molecule has 6 heteroatoms. The number of hydrogen-bond donors (Lipinski definition) is 0. The molecule has 3 aromatic carbocycles. The molecule has 1 aliphatic carbocycles. The van der Waals surface area contributed by atoms with Gasteiger partial charge in [-0.1, -0.05) is 69.4 Å². The predicted octanol–water partition coefficient (Wildman–Crippen LogP) is 9.77. The zero-order valence-corrected chi connectivity index (χ0v) is 19.9. The summed E-state index contributed by atoms with van der Waals surface area (Å²) in [6.07, 6.45) is 11.2. The second-order valence-corrected chi connectivity index (χ2v) is 9.62. The molecule has 0 heterocycles. The molecule has 3 aromatic rings. The van der Waals surface area contributed by atoms with Crippen LogP contribution in [0.25, 0.3) is 21.9 Å². The first-order valence-electron chi connectivity index (χ1n) is 12.5. The van der Waals surface area contributed by atoms with Crippen molar-refractivity contribution in [2.75, 3.05) is 0 Å². The van der Waals surface area contributed by atoms with E-state index in [0.717, 1.165) is 36.3 Å². The van der Waals surface area contributed by atoms with Crippen LogP contribution in [0.1, 0.15) is 76.2 Å². The van der Waals surface area contributed by atoms with Crippen molar-refractivity contribution in [2.24, 2.45) is 5.92 Å². The summed E-state index contributed by atoms with van der Waals surface area (Å²) < 4.78 is 72.3. The molecule has 0 aliphatic heterocycles. The van der Waals surface area contributed by atoms with Crippen LogP contribution in [0.4, 0.5) is 22.0 Å². The van der Waals surface area contributed by atoms with E-state index in [1.807, 2.05) is 12.1 Å². The Morgan fingerprint density at radius 3 is 2.23 bits per heavy atom. The Kier molecular flexibility index (Phi) is 8.30. The highest BCUT2D eigenvalue weighted by atomic mass is 19.3. The maximum Gasteiger partial charge on any atom is 0.387 e. The average Bonchev–Trinajstić information content (AvgIpc) is 2.84. The van der Waals surface area contributed by atoms with Gasteiger partial charge in [-0.05, 0) is 66.2 Å². The van der Waals surface area contributed by atoms with Crippen molar-refractivity contribution < 1.29 is 26.7 Å². The van der Waals surface area contributed by atoms with Crippen LogP contribution in [0.5, 0.6) is 5.75 Å². The normalized spacial score (nSPS) is 18.4. The summed E-state index contributed by atoms with van der Waals surface area (Å²) in [7, 11) is 0. The molecule has 35 heavy (non-hydrogen) atoms. The highest BCUT2D eigenvalue weighted by molar-refractivity contribution is 5.89. The molecule has 1 nitrogen and oxygen atoms in total. The fraction of sp³-hybridized carbons (Fsp3) is 0.448. The summed E-state index contributed by atoms with van der Waals surface area (Å²) in [5, 5.41) is 1.08. The Bertz CT molecular complexity index is 1130. The van der Waals surface area contributed by atoms with E-state index < -0.39 is 29.8 Å². The van der Waals surface area contributed by atoms with Crippen LogP contribution >= 0.6 is 0 Å². The minimum Gasteiger partial charge on any atom is -0.429 e. The number of ether oxygens (including phenoxy) is 1. The van der Waals surface area contributed by atoms with Gasteiger partial charge in [-0.2, -0.15) is 8.78 Å². The molecule has 0 unspecified atom stereocenters. The lowest BCUT2D eigenvalue weighted by atomic mass is 9.76. The summed E-state index contributed by atoms with van der Waals surface area (Å²) in [6, 6.07) is 10.5. The van der Waals surface area contributed by atoms with Crippen molar-refractivity contribution in [3.8, 4) is 16.9 Å². The second kappa shape index (κ2) is 11.4. The molecule has 0 N–H and O–H groups in total. The maximum absolute atomic E-state index is 15.3. The van der Waals surface area contributed by atoms with Gasteiger partial charge in [0.2, 0.25) is 0 Å². The molecule has 0 radical (unpaired) electrons. The lowest BCUT2D eigenvalue weighted by Gasteiger charge is -2.29. The van der Waals surface area contributed by atoms with Crippen molar-refractivity contribution in [3.63, 3.8) is 0 Å². The van der Waals surface area contributed by atoms with Crippen molar-refractivity contribution in [1.29, 1.82) is 0 Å². The predicted molar refractivity (Wildman–Crippen MR) is 129 cm³/mol. The molecular weight excluding hydrogens is 459 g/mol. The first kappa shape index (κ1) is 25.5. The molecule has 0 spiro atoms. The van der Waals surface area contributed by atoms with Crippen molar-refractivity contribution >= 4 is 10.8 Å². The summed E-state index contributed by atoms with van der Waals surface area (Å²) in [4.78, 5) is 0. The first-order valence-corrected chi connectivity index (χ1v) is 12.5. The summed E-state index contributed by atoms with van der Waals surface area (Å²) in [5.41, 5.74) is 1.11. The van der Waals surface area contributed by atoms with Gasteiger partial charge in [0.25, 0.3) is 0 Å². The van der Waals surface area contributed by atoms with Crippen LogP contribution in [0, 0.1) is 23.4 Å². The molecule has 0 amide bonds. The third kappa shape index (κ3) is 5.96. The van der Waals surface area contributed by atoms with Crippen molar-refractivity contribution in [3.05, 3.63) is 65.5 Å². The van der Waals surface area contributed by atoms with Gasteiger partial charge in [0.05, 0.1) is 0 Å². The highest BCUT2D eigenvalue weighted by Crippen LogP contribution is 2.40. The van der Waals surface area contributed by atoms with Gasteiger partial charge >= 0.3 is 6.61 Å². The SMILES string of the molecule is CCCCCCC1CCC(c2ccc3c(F)c(-c4cc(F)c(OC(F)F)c(F)c4)ccc3c2)CC1. The minimum absolute atomic E-state index is 0.00442. The smallest absolute Gasteiger partial charge is 0.387 e. The Hall–Kier alpha value is -2.63. The molecule has 1 aliphatic rings. The zero-order valence-electron chi connectivity index (χ0n) is 19.9. The van der Waals surface area contributed by atoms with Gasteiger partial charge in [-0.3, -0.25) is 0 Å². The van der Waals surface area contributed by atoms with E-state index in [2.05, 4.69) is 11.7 Å². The molecule has 0 bridgehead atoms. The number of benzene rings is 3. The molecule has 1 saturated carbocycles. The molecule has 0 saturated heterocycles. The van der Waals surface area contributed by atoms with Gasteiger partial charge in [0.1, 0.15) is 5.82 Å². The topological polar surface area (TPSA) is 9.23 Å². The lowest BCUT2D eigenvalue weighted by Crippen LogP contribution is -2.13. The number of alkyl halides is 2. The van der Waals surface area contributed by atoms with Crippen molar-refractivity contribution in [2.45, 2.75) is 77.2 Å². The quantitative estimate of drug-likeness (QED) is 0.214. The average molecular weight is 491 g/mol. The van der Waals surface area contributed by atoms with Crippen LogP contribution in [-0.4, -0.2) is 6.61 Å². The van der Waals surface area contributed by atoms with Gasteiger partial charge in [0.15, 0.2) is 17.4 Å². The van der Waals surface area contributed by atoms with Crippen LogP contribution in [0.2, 0.25) is 0 Å². The number of halogens is 5. The Labute approximate surface area is 203 Å². The summed E-state index contributed by atoms with van der Waals surface area (Å²) in [5.74, 6) is -3.13. The lowest BCUT2D eigenvalue weighted by molar-refractivity contribution is -0.0546. The highest BCUT2D eigenvalue weighted by Gasteiger charge is 2.23. The molecule has 4 rings (SSSR count). The largest absolute Gasteiger partial charge is 0.429 e. The Balaban J connectivity index is 1.50. The van der Waals surface area contributed by atoms with Gasteiger partial charge in [-0.25, -0.2) is 13.2 Å². The number of hydrogen-bond acceptors (Lipinski definition) is 1. The Morgan fingerprint density at radius 1 is 0.857 bits per heavy atom. The zero-order chi connectivity index (χ0) is 24.9. The van der Waals surface area contributed by atoms with E-state index in [1.54, 1.807) is 12.1 Å². The third-order valence-corrected chi connectivity index (χ3v) is 7.28. The van der Waals surface area contributed by atoms with Crippen LogP contribution in [-0.2, 0) is 0 Å². The van der Waals surface area contributed by atoms with Crippen LogP contribution in [0.15, 0.2) is 42.5 Å². The van der Waals surface area contributed by atoms with Crippen LogP contribution in [0.3, 0.4) is 0 Å². The molecule has 0 atom stereocenters. The molecular formula is C29H31F5O. The van der Waals surface area contributed by atoms with E-state index in [0.29, 0.717) is 11.3 Å². The van der Waals surface area contributed by atoms with Crippen molar-refractivity contribution in [1.82, 2.24) is 0 Å². The monoisotopic (exact) mass is 490 g/mol. The summed E-state index contributed by atoms with van der Waals surface area (Å²) in [6.45, 7) is -1.13. The maximum atomic E-state index is 15.3. The van der Waals surface area contributed by atoms with Gasteiger partial charge in [-0.15, -0.1) is 0 Å². The number of rotatable bonds is 9. The van der Waals surface area contributed by atoms with Crippen LogP contribution < -0.4 is 4.74 Å². The van der Waals surface area contributed by atoms with Gasteiger partial charge in [0, 0.05) is 10.9 Å². The van der Waals surface area contributed by atoms with Gasteiger partial charge < -0.3 is 4.74 Å². The first-order chi connectivity index (χ1) is 16.9. The van der Waals surface area contributed by atoms with E-state index in [4.69, 9.17) is 0 Å². The fourth-order valence-corrected chi connectivity index (χ4v) is 5.35. The van der Waals surface area contributed by atoms with E-state index in [1.165, 1.54) is 56.6 Å².